The van der Waals surface area contributed by atoms with Crippen LogP contribution in [0.3, 0.4) is 0 Å². The quantitative estimate of drug-likeness (QED) is 0.371. The van der Waals surface area contributed by atoms with Gasteiger partial charge in [0.25, 0.3) is 11.5 Å². The number of fused-ring (bicyclic) bond motifs is 1. The van der Waals surface area contributed by atoms with Gasteiger partial charge in [0.15, 0.2) is 0 Å². The zero-order chi connectivity index (χ0) is 22.7. The number of rotatable bonds is 7. The van der Waals surface area contributed by atoms with E-state index in [0.29, 0.717) is 45.8 Å². The number of ether oxygens (including phenoxy) is 1. The first-order chi connectivity index (χ1) is 15.5. The highest BCUT2D eigenvalue weighted by Gasteiger charge is 2.32. The lowest BCUT2D eigenvalue weighted by atomic mass is 9.95. The third-order valence-electron chi connectivity index (χ3n) is 5.91. The van der Waals surface area contributed by atoms with Crippen LogP contribution in [0.25, 0.3) is 11.7 Å². The fourth-order valence-corrected chi connectivity index (χ4v) is 5.47. The first kappa shape index (κ1) is 22.9. The van der Waals surface area contributed by atoms with Crippen molar-refractivity contribution in [1.82, 2.24) is 14.3 Å². The van der Waals surface area contributed by atoms with E-state index in [1.54, 1.807) is 28.7 Å². The standard InChI is InChI=1S/C23H28N4O3S2/c1-15-8-6-11-26-20(15)25-19(24-16-9-4-3-5-10-16)17(21(26)28)14-18-22(29)27(23(31)32-18)12-7-13-30-2/h6,8,11,14,16,24H,3-5,7,9-10,12-13H2,1-2H3. The molecule has 1 amide bonds. The van der Waals surface area contributed by atoms with Gasteiger partial charge in [-0.05, 0) is 43.9 Å². The van der Waals surface area contributed by atoms with Crippen molar-refractivity contribution in [2.45, 2.75) is 51.5 Å². The van der Waals surface area contributed by atoms with Crippen molar-refractivity contribution < 1.29 is 9.53 Å². The Balaban J connectivity index is 1.74. The van der Waals surface area contributed by atoms with Crippen LogP contribution in [0.5, 0.6) is 0 Å². The van der Waals surface area contributed by atoms with Gasteiger partial charge in [-0.2, -0.15) is 0 Å². The molecule has 7 nitrogen and oxygen atoms in total. The highest BCUT2D eigenvalue weighted by atomic mass is 32.2. The second-order valence-corrected chi connectivity index (χ2v) is 9.90. The first-order valence-corrected chi connectivity index (χ1v) is 12.2. The van der Waals surface area contributed by atoms with Crippen LogP contribution in [0.1, 0.15) is 49.7 Å². The van der Waals surface area contributed by atoms with E-state index in [9.17, 15) is 9.59 Å². The second-order valence-electron chi connectivity index (χ2n) is 8.22. The summed E-state index contributed by atoms with van der Waals surface area (Å²) in [6, 6.07) is 4.05. The van der Waals surface area contributed by atoms with Crippen LogP contribution in [-0.4, -0.2) is 50.8 Å². The van der Waals surface area contributed by atoms with Gasteiger partial charge in [0.2, 0.25) is 0 Å². The van der Waals surface area contributed by atoms with Crippen molar-refractivity contribution in [2.75, 3.05) is 25.6 Å². The first-order valence-electron chi connectivity index (χ1n) is 11.0. The van der Waals surface area contributed by atoms with Crippen LogP contribution in [0.4, 0.5) is 5.82 Å². The topological polar surface area (TPSA) is 75.9 Å². The van der Waals surface area contributed by atoms with Crippen molar-refractivity contribution in [3.63, 3.8) is 0 Å². The minimum absolute atomic E-state index is 0.173. The highest BCUT2D eigenvalue weighted by molar-refractivity contribution is 8.26. The van der Waals surface area contributed by atoms with Gasteiger partial charge in [0.05, 0.1) is 10.5 Å². The van der Waals surface area contributed by atoms with Crippen molar-refractivity contribution >= 4 is 51.7 Å². The van der Waals surface area contributed by atoms with Gasteiger partial charge in [-0.1, -0.05) is 49.3 Å². The number of aryl methyl sites for hydroxylation is 1. The zero-order valence-electron chi connectivity index (χ0n) is 18.4. The maximum Gasteiger partial charge on any atom is 0.267 e. The number of nitrogens with one attached hydrogen (secondary N) is 1. The molecule has 0 unspecified atom stereocenters. The van der Waals surface area contributed by atoms with Gasteiger partial charge in [-0.15, -0.1) is 0 Å². The molecule has 1 aliphatic heterocycles. The summed E-state index contributed by atoms with van der Waals surface area (Å²) >= 11 is 6.65. The molecule has 0 atom stereocenters. The van der Waals surface area contributed by atoms with Crippen LogP contribution >= 0.6 is 24.0 Å². The molecule has 4 rings (SSSR count). The van der Waals surface area contributed by atoms with Crippen LogP contribution in [0, 0.1) is 6.92 Å². The number of carbonyl (C=O) groups excluding carboxylic acids is 1. The Bertz CT molecular complexity index is 1120. The highest BCUT2D eigenvalue weighted by Crippen LogP contribution is 2.33. The largest absolute Gasteiger partial charge is 0.385 e. The van der Waals surface area contributed by atoms with Crippen molar-refractivity contribution in [1.29, 1.82) is 0 Å². The van der Waals surface area contributed by atoms with E-state index in [2.05, 4.69) is 5.32 Å². The number of methoxy groups -OCH3 is 1. The third-order valence-corrected chi connectivity index (χ3v) is 7.29. The number of amides is 1. The monoisotopic (exact) mass is 472 g/mol. The summed E-state index contributed by atoms with van der Waals surface area (Å²) in [5.74, 6) is 0.370. The average molecular weight is 473 g/mol. The van der Waals surface area contributed by atoms with Crippen molar-refractivity contribution in [3.05, 3.63) is 44.7 Å². The third kappa shape index (κ3) is 4.74. The number of pyridine rings is 1. The van der Waals surface area contributed by atoms with Crippen LogP contribution in [0.2, 0.25) is 0 Å². The molecule has 1 N–H and O–H groups in total. The summed E-state index contributed by atoms with van der Waals surface area (Å²) in [4.78, 5) is 33.3. The molecule has 2 fully saturated rings. The van der Waals surface area contributed by atoms with E-state index in [1.807, 2.05) is 19.1 Å². The van der Waals surface area contributed by atoms with Gasteiger partial charge in [0.1, 0.15) is 15.8 Å². The maximum absolute atomic E-state index is 13.5. The molecule has 1 saturated carbocycles. The normalized spacial score (nSPS) is 18.8. The molecule has 32 heavy (non-hydrogen) atoms. The van der Waals surface area contributed by atoms with E-state index in [0.717, 1.165) is 18.4 Å². The Labute approximate surface area is 197 Å². The molecule has 0 spiro atoms. The number of thioether (sulfide) groups is 1. The van der Waals surface area contributed by atoms with Crippen LogP contribution in [-0.2, 0) is 9.53 Å². The molecule has 0 aromatic carbocycles. The fourth-order valence-electron chi connectivity index (χ4n) is 4.18. The minimum Gasteiger partial charge on any atom is -0.385 e. The molecule has 170 valence electrons. The van der Waals surface area contributed by atoms with E-state index in [-0.39, 0.29) is 17.5 Å². The molecular weight excluding hydrogens is 444 g/mol. The predicted molar refractivity (Wildman–Crippen MR) is 133 cm³/mol. The summed E-state index contributed by atoms with van der Waals surface area (Å²) in [6.45, 7) is 3.00. The summed E-state index contributed by atoms with van der Waals surface area (Å²) in [5, 5.41) is 3.51. The predicted octanol–water partition coefficient (Wildman–Crippen LogP) is 3.99. The smallest absolute Gasteiger partial charge is 0.267 e. The Morgan fingerprint density at radius 2 is 2.09 bits per heavy atom. The summed E-state index contributed by atoms with van der Waals surface area (Å²) < 4.78 is 7.14. The fraction of sp³-hybridized carbons (Fsp3) is 0.478. The Hall–Kier alpha value is -2.23. The summed E-state index contributed by atoms with van der Waals surface area (Å²) in [6.07, 6.45) is 9.75. The molecule has 2 aromatic rings. The second kappa shape index (κ2) is 10.1. The van der Waals surface area contributed by atoms with E-state index < -0.39 is 0 Å². The molecule has 2 aliphatic rings. The van der Waals surface area contributed by atoms with Gasteiger partial charge in [0, 0.05) is 32.5 Å². The lowest BCUT2D eigenvalue weighted by Gasteiger charge is -2.24. The number of anilines is 1. The number of hydrogen-bond acceptors (Lipinski definition) is 7. The Morgan fingerprint density at radius 1 is 1.31 bits per heavy atom. The zero-order valence-corrected chi connectivity index (χ0v) is 20.1. The van der Waals surface area contributed by atoms with Crippen LogP contribution < -0.4 is 10.9 Å². The molecular formula is C23H28N4O3S2. The van der Waals surface area contributed by atoms with Gasteiger partial charge in [-0.3, -0.25) is 18.9 Å². The van der Waals surface area contributed by atoms with E-state index >= 15 is 0 Å². The molecule has 9 heteroatoms. The van der Waals surface area contributed by atoms with E-state index in [4.69, 9.17) is 21.9 Å². The SMILES string of the molecule is COCCCN1C(=O)C(=Cc2c(NC3CCCCC3)nc3c(C)cccn3c2=O)SC1=S. The average Bonchev–Trinajstić information content (AvgIpc) is 3.05. The van der Waals surface area contributed by atoms with Crippen LogP contribution in [0.15, 0.2) is 28.0 Å². The van der Waals surface area contributed by atoms with Gasteiger partial charge < -0.3 is 10.1 Å². The van der Waals surface area contributed by atoms with Gasteiger partial charge >= 0.3 is 0 Å². The van der Waals surface area contributed by atoms with Gasteiger partial charge in [-0.25, -0.2) is 4.98 Å². The molecule has 0 bridgehead atoms. The molecule has 3 heterocycles. The molecule has 1 saturated heterocycles. The molecule has 1 aliphatic carbocycles. The number of aromatic nitrogens is 2. The Kier molecular flexibility index (Phi) is 7.27. The van der Waals surface area contributed by atoms with E-state index in [1.165, 1.54) is 31.0 Å². The lowest BCUT2D eigenvalue weighted by Crippen LogP contribution is -2.30. The minimum atomic E-state index is -0.193. The number of carbonyl (C=O) groups is 1. The van der Waals surface area contributed by atoms with Crippen molar-refractivity contribution in [2.24, 2.45) is 0 Å². The Morgan fingerprint density at radius 3 is 2.84 bits per heavy atom. The number of nitrogens with zero attached hydrogens (tertiary/aromatic N) is 3. The number of hydrogen-bond donors (Lipinski definition) is 1. The summed E-state index contributed by atoms with van der Waals surface area (Å²) in [7, 11) is 1.63. The lowest BCUT2D eigenvalue weighted by molar-refractivity contribution is -0.122. The number of thiocarbonyl (C=S) groups is 1. The van der Waals surface area contributed by atoms with Crippen molar-refractivity contribution in [3.8, 4) is 0 Å². The summed E-state index contributed by atoms with van der Waals surface area (Å²) in [5.41, 5.74) is 1.75. The molecule has 0 radical (unpaired) electrons. The maximum atomic E-state index is 13.5. The molecule has 2 aromatic heterocycles.